The predicted molar refractivity (Wildman–Crippen MR) is 178 cm³/mol. The third kappa shape index (κ3) is 8.20. The van der Waals surface area contributed by atoms with Crippen molar-refractivity contribution in [1.82, 2.24) is 10.2 Å². The molecule has 2 amide bonds. The summed E-state index contributed by atoms with van der Waals surface area (Å²) in [7, 11) is -4.18. The van der Waals surface area contributed by atoms with E-state index in [9.17, 15) is 22.4 Å². The molecule has 4 aromatic rings. The first-order valence-corrected chi connectivity index (χ1v) is 17.1. The number of carbonyl (C=O) groups is 2. The van der Waals surface area contributed by atoms with E-state index >= 15 is 0 Å². The molecule has 1 fully saturated rings. The molecule has 0 aromatic heterocycles. The van der Waals surface area contributed by atoms with Crippen LogP contribution in [-0.2, 0) is 32.6 Å². The minimum atomic E-state index is -4.18. The summed E-state index contributed by atoms with van der Waals surface area (Å²) in [5.74, 6) is -1.27. The van der Waals surface area contributed by atoms with Gasteiger partial charge in [-0.15, -0.1) is 0 Å². The number of anilines is 1. The van der Waals surface area contributed by atoms with Gasteiger partial charge in [0.2, 0.25) is 11.8 Å². The molecule has 0 spiro atoms. The van der Waals surface area contributed by atoms with Gasteiger partial charge in [-0.3, -0.25) is 13.9 Å². The fraction of sp³-hybridized carbons (Fsp3) is 0.297. The van der Waals surface area contributed by atoms with Crippen LogP contribution in [0.1, 0.15) is 47.9 Å². The van der Waals surface area contributed by atoms with Crippen molar-refractivity contribution in [2.24, 2.45) is 0 Å². The molecule has 0 bridgehead atoms. The SMILES string of the molecule is Cc1ccc(S(=O)(=O)N(CC(=O)N(Cc2ccc(F)cc2)[C@H](Cc2ccccc2)C(=O)NC2CCCC2)c2cccc(C)c2)cc1. The quantitative estimate of drug-likeness (QED) is 0.196. The van der Waals surface area contributed by atoms with Gasteiger partial charge in [-0.2, -0.15) is 0 Å². The zero-order valence-electron chi connectivity index (χ0n) is 26.2. The number of hydrogen-bond acceptors (Lipinski definition) is 4. The van der Waals surface area contributed by atoms with Crippen LogP contribution in [0.2, 0.25) is 0 Å². The van der Waals surface area contributed by atoms with E-state index in [0.717, 1.165) is 46.7 Å². The summed E-state index contributed by atoms with van der Waals surface area (Å²) >= 11 is 0. The molecule has 5 rings (SSSR count). The number of aryl methyl sites for hydroxylation is 2. The molecule has 4 aromatic carbocycles. The summed E-state index contributed by atoms with van der Waals surface area (Å²) < 4.78 is 43.3. The highest BCUT2D eigenvalue weighted by Gasteiger charge is 2.35. The highest BCUT2D eigenvalue weighted by molar-refractivity contribution is 7.92. The van der Waals surface area contributed by atoms with Gasteiger partial charge in [0, 0.05) is 19.0 Å². The third-order valence-corrected chi connectivity index (χ3v) is 10.2. The Hall–Kier alpha value is -4.50. The molecule has 0 aliphatic heterocycles. The van der Waals surface area contributed by atoms with Gasteiger partial charge in [0.05, 0.1) is 10.6 Å². The minimum Gasteiger partial charge on any atom is -0.352 e. The van der Waals surface area contributed by atoms with E-state index in [4.69, 9.17) is 0 Å². The van der Waals surface area contributed by atoms with Gasteiger partial charge >= 0.3 is 0 Å². The van der Waals surface area contributed by atoms with E-state index in [1.54, 1.807) is 42.5 Å². The summed E-state index contributed by atoms with van der Waals surface area (Å²) in [5.41, 5.74) is 3.54. The lowest BCUT2D eigenvalue weighted by Crippen LogP contribution is -2.54. The molecule has 1 aliphatic carbocycles. The molecule has 240 valence electrons. The van der Waals surface area contributed by atoms with Crippen LogP contribution in [0.25, 0.3) is 0 Å². The smallest absolute Gasteiger partial charge is 0.264 e. The van der Waals surface area contributed by atoms with E-state index in [2.05, 4.69) is 5.32 Å². The molecule has 0 heterocycles. The molecular formula is C37H40FN3O4S. The maximum atomic E-state index is 14.6. The molecule has 1 saturated carbocycles. The van der Waals surface area contributed by atoms with Gasteiger partial charge in [0.15, 0.2) is 0 Å². The first-order valence-electron chi connectivity index (χ1n) is 15.6. The van der Waals surface area contributed by atoms with Crippen molar-refractivity contribution < 1.29 is 22.4 Å². The molecule has 9 heteroatoms. The normalized spacial score (nSPS) is 14.1. The van der Waals surface area contributed by atoms with Crippen LogP contribution in [-0.4, -0.2) is 43.8 Å². The van der Waals surface area contributed by atoms with Gasteiger partial charge in [-0.05, 0) is 79.8 Å². The predicted octanol–water partition coefficient (Wildman–Crippen LogP) is 6.34. The Morgan fingerprint density at radius 3 is 2.15 bits per heavy atom. The van der Waals surface area contributed by atoms with Crippen LogP contribution < -0.4 is 9.62 Å². The van der Waals surface area contributed by atoms with Crippen LogP contribution in [0, 0.1) is 19.7 Å². The standard InChI is InChI=1S/C37H40FN3O4S/c1-27-15-21-34(22-16-27)46(44,45)41(33-14-8-9-28(2)23-33)26-36(42)40(25-30-17-19-31(38)20-18-30)35(24-29-10-4-3-5-11-29)37(43)39-32-12-6-7-13-32/h3-5,8-11,14-23,32,35H,6-7,12-13,24-26H2,1-2H3,(H,39,43)/t35-/m1/s1. The number of nitrogens with one attached hydrogen (secondary N) is 1. The monoisotopic (exact) mass is 641 g/mol. The summed E-state index contributed by atoms with van der Waals surface area (Å²) in [6.45, 7) is 3.17. The second kappa shape index (κ2) is 14.7. The lowest BCUT2D eigenvalue weighted by Gasteiger charge is -2.34. The molecule has 1 N–H and O–H groups in total. The molecule has 1 atom stereocenters. The van der Waals surface area contributed by atoms with E-state index < -0.39 is 34.3 Å². The Balaban J connectivity index is 1.56. The van der Waals surface area contributed by atoms with Crippen LogP contribution >= 0.6 is 0 Å². The number of nitrogens with zero attached hydrogens (tertiary/aromatic N) is 2. The fourth-order valence-electron chi connectivity index (χ4n) is 5.86. The number of benzene rings is 4. The molecule has 0 unspecified atom stereocenters. The molecule has 7 nitrogen and oxygen atoms in total. The first-order chi connectivity index (χ1) is 22.1. The number of carbonyl (C=O) groups excluding carboxylic acids is 2. The lowest BCUT2D eigenvalue weighted by atomic mass is 10.0. The molecular weight excluding hydrogens is 601 g/mol. The number of halogens is 1. The van der Waals surface area contributed by atoms with Crippen molar-refractivity contribution in [3.8, 4) is 0 Å². The van der Waals surface area contributed by atoms with Crippen molar-refractivity contribution in [2.45, 2.75) is 69.5 Å². The van der Waals surface area contributed by atoms with E-state index in [-0.39, 0.29) is 29.8 Å². The van der Waals surface area contributed by atoms with E-state index in [1.807, 2.05) is 50.2 Å². The van der Waals surface area contributed by atoms with Gasteiger partial charge in [0.25, 0.3) is 10.0 Å². The van der Waals surface area contributed by atoms with Crippen LogP contribution in [0.4, 0.5) is 10.1 Å². The number of amides is 2. The Bertz CT molecular complexity index is 1740. The third-order valence-electron chi connectivity index (χ3n) is 8.42. The average Bonchev–Trinajstić information content (AvgIpc) is 3.56. The second-order valence-electron chi connectivity index (χ2n) is 12.0. The highest BCUT2D eigenvalue weighted by atomic mass is 32.2. The van der Waals surface area contributed by atoms with Crippen molar-refractivity contribution >= 4 is 27.5 Å². The maximum Gasteiger partial charge on any atom is 0.264 e. The molecule has 0 radical (unpaired) electrons. The summed E-state index contributed by atoms with van der Waals surface area (Å²) in [6, 6.07) is 27.7. The number of hydrogen-bond donors (Lipinski definition) is 1. The van der Waals surface area contributed by atoms with Crippen LogP contribution in [0.3, 0.4) is 0 Å². The van der Waals surface area contributed by atoms with E-state index in [0.29, 0.717) is 11.3 Å². The van der Waals surface area contributed by atoms with Gasteiger partial charge in [-0.1, -0.05) is 85.1 Å². The Morgan fingerprint density at radius 2 is 1.50 bits per heavy atom. The maximum absolute atomic E-state index is 14.6. The molecule has 0 saturated heterocycles. The summed E-state index contributed by atoms with van der Waals surface area (Å²) in [5, 5.41) is 3.16. The number of sulfonamides is 1. The fourth-order valence-corrected chi connectivity index (χ4v) is 7.26. The van der Waals surface area contributed by atoms with Crippen molar-refractivity contribution in [2.75, 3.05) is 10.8 Å². The van der Waals surface area contributed by atoms with E-state index in [1.165, 1.54) is 29.2 Å². The second-order valence-corrected chi connectivity index (χ2v) is 13.9. The van der Waals surface area contributed by atoms with Gasteiger partial charge in [-0.25, -0.2) is 12.8 Å². The Labute approximate surface area is 271 Å². The van der Waals surface area contributed by atoms with Crippen LogP contribution in [0.15, 0.2) is 108 Å². The van der Waals surface area contributed by atoms with Crippen LogP contribution in [0.5, 0.6) is 0 Å². The Kier molecular flexibility index (Phi) is 10.5. The lowest BCUT2D eigenvalue weighted by molar-refractivity contribution is -0.140. The van der Waals surface area contributed by atoms with Gasteiger partial charge in [0.1, 0.15) is 18.4 Å². The summed E-state index contributed by atoms with van der Waals surface area (Å²) in [6.07, 6.45) is 4.00. The van der Waals surface area contributed by atoms with Crippen molar-refractivity contribution in [3.05, 3.63) is 131 Å². The minimum absolute atomic E-state index is 0.0130. The van der Waals surface area contributed by atoms with Crippen molar-refractivity contribution in [1.29, 1.82) is 0 Å². The molecule has 46 heavy (non-hydrogen) atoms. The van der Waals surface area contributed by atoms with Crippen molar-refractivity contribution in [3.63, 3.8) is 0 Å². The molecule has 1 aliphatic rings. The topological polar surface area (TPSA) is 86.8 Å². The van der Waals surface area contributed by atoms with Gasteiger partial charge < -0.3 is 10.2 Å². The highest BCUT2D eigenvalue weighted by Crippen LogP contribution is 2.26. The largest absolute Gasteiger partial charge is 0.352 e. The Morgan fingerprint density at radius 1 is 0.826 bits per heavy atom. The average molecular weight is 642 g/mol. The zero-order chi connectivity index (χ0) is 32.7. The summed E-state index contributed by atoms with van der Waals surface area (Å²) in [4.78, 5) is 30.1. The number of rotatable bonds is 12. The zero-order valence-corrected chi connectivity index (χ0v) is 27.0. The first kappa shape index (κ1) is 32.9.